The lowest BCUT2D eigenvalue weighted by Gasteiger charge is -2.31. The molecule has 3 aromatic rings. The molecule has 0 radical (unpaired) electrons. The smallest absolute Gasteiger partial charge is 0.459 e. The Hall–Kier alpha value is -2.87. The number of alkyl halides is 2. The van der Waals surface area contributed by atoms with E-state index in [2.05, 4.69) is 25.4 Å². The lowest BCUT2D eigenvalue weighted by atomic mass is 9.93. The number of aromatic nitrogens is 4. The Bertz CT molecular complexity index is 1510. The normalized spacial score (nSPS) is 25.9. The molecule has 1 saturated heterocycles. The van der Waals surface area contributed by atoms with Gasteiger partial charge in [-0.2, -0.15) is 5.09 Å². The van der Waals surface area contributed by atoms with Gasteiger partial charge in [0.25, 0.3) is 0 Å². The average Bonchev–Trinajstić information content (AvgIpc) is 3.48. The van der Waals surface area contributed by atoms with Crippen molar-refractivity contribution in [2.75, 3.05) is 17.8 Å². The molecule has 1 aliphatic heterocycles. The molecule has 44 heavy (non-hydrogen) atoms. The number of aryl methyl sites for hydroxylation is 1. The summed E-state index contributed by atoms with van der Waals surface area (Å²) < 4.78 is 53.9. The number of aliphatic hydroxyl groups excluding tert-OH is 1. The molecule has 1 aromatic carbocycles. The zero-order valence-corrected chi connectivity index (χ0v) is 26.5. The van der Waals surface area contributed by atoms with E-state index in [0.29, 0.717) is 22.8 Å². The number of hydrogen-bond acceptors (Lipinski definition) is 11. The molecular weight excluding hydrogens is 618 g/mol. The van der Waals surface area contributed by atoms with Gasteiger partial charge in [-0.05, 0) is 59.1 Å². The average molecular weight is 655 g/mol. The Morgan fingerprint density at radius 2 is 2.00 bits per heavy atom. The van der Waals surface area contributed by atoms with Gasteiger partial charge >= 0.3 is 13.7 Å². The quantitative estimate of drug-likeness (QED) is 0.135. The van der Waals surface area contributed by atoms with Crippen molar-refractivity contribution in [3.8, 4) is 5.75 Å². The van der Waals surface area contributed by atoms with Crippen molar-refractivity contribution in [3.63, 3.8) is 0 Å². The molecule has 3 heterocycles. The second kappa shape index (κ2) is 13.2. The number of imidazole rings is 1. The minimum atomic E-state index is -4.36. The molecule has 0 unspecified atom stereocenters. The van der Waals surface area contributed by atoms with Crippen LogP contribution < -0.4 is 14.9 Å². The number of aliphatic hydroxyl groups is 1. The molecule has 6 atom stereocenters. The lowest BCUT2D eigenvalue weighted by molar-refractivity contribution is -0.149. The number of carbonyl (C=O) groups is 1. The molecule has 13 nitrogen and oxygen atoms in total. The molecule has 0 amide bonds. The number of nitrogens with zero attached hydrogens (tertiary/aromatic N) is 4. The van der Waals surface area contributed by atoms with Crippen LogP contribution in [0.2, 0.25) is 0 Å². The van der Waals surface area contributed by atoms with Crippen molar-refractivity contribution in [1.29, 1.82) is 0 Å². The van der Waals surface area contributed by atoms with Crippen molar-refractivity contribution in [2.45, 2.75) is 89.2 Å². The summed E-state index contributed by atoms with van der Waals surface area (Å²) in [7, 11) is -4.36. The van der Waals surface area contributed by atoms with Gasteiger partial charge in [0.2, 0.25) is 0 Å². The van der Waals surface area contributed by atoms with Gasteiger partial charge in [-0.3, -0.25) is 13.9 Å². The molecule has 1 saturated carbocycles. The molecule has 0 spiro atoms. The van der Waals surface area contributed by atoms with Crippen LogP contribution in [0.3, 0.4) is 0 Å². The topological polar surface area (TPSA) is 159 Å². The molecule has 240 valence electrons. The standard InChI is InChI=1S/C28H37ClFN6O7P/c1-16(2)41-27(38)17(3)35-44(39,43-20-11-6-5-7-12-20)40-14-28(13-29)23(37)21(30)26(42-28)36-15-31-22-24(34-19-9-8-10-19)32-18(4)33-25(22)36/h5-7,11-12,15-17,19,21,23,26,37H,8-10,13-14H2,1-4H3,(H,35,39)(H,32,33,34)/t17-,21-,23-,26+,28+,44+/m0/s1. The van der Waals surface area contributed by atoms with E-state index in [-0.39, 0.29) is 11.8 Å². The number of ether oxygens (including phenoxy) is 2. The lowest BCUT2D eigenvalue weighted by Crippen LogP contribution is -2.48. The molecule has 2 aliphatic rings. The van der Waals surface area contributed by atoms with Gasteiger partial charge in [0.15, 0.2) is 29.4 Å². The number of anilines is 1. The molecule has 16 heteroatoms. The SMILES string of the molecule is Cc1nc(NC2CCC2)c2ncn([C@@H]3O[C@](CCl)(CO[P@](=O)(N[C@@H](C)C(=O)OC(C)C)Oc4ccccc4)[C@@H](O)[C@@H]3F)c2n1. The van der Waals surface area contributed by atoms with Gasteiger partial charge in [0.1, 0.15) is 29.3 Å². The number of fused-ring (bicyclic) bond motifs is 1. The number of benzene rings is 1. The summed E-state index contributed by atoms with van der Waals surface area (Å²) in [6.45, 7) is 5.84. The van der Waals surface area contributed by atoms with Gasteiger partial charge in [0.05, 0.1) is 24.9 Å². The second-order valence-electron chi connectivity index (χ2n) is 11.3. The van der Waals surface area contributed by atoms with Crippen LogP contribution >= 0.6 is 19.3 Å². The highest BCUT2D eigenvalue weighted by Crippen LogP contribution is 2.49. The largest absolute Gasteiger partial charge is 0.462 e. The summed E-state index contributed by atoms with van der Waals surface area (Å²) in [5.74, 6) is 0.0255. The predicted molar refractivity (Wildman–Crippen MR) is 160 cm³/mol. The fourth-order valence-electron chi connectivity index (χ4n) is 4.89. The molecular formula is C28H37ClFN6O7P. The van der Waals surface area contributed by atoms with Gasteiger partial charge in [-0.1, -0.05) is 18.2 Å². The van der Waals surface area contributed by atoms with Crippen LogP contribution in [-0.2, 0) is 23.4 Å². The van der Waals surface area contributed by atoms with E-state index in [9.17, 15) is 14.5 Å². The highest BCUT2D eigenvalue weighted by Gasteiger charge is 2.57. The van der Waals surface area contributed by atoms with E-state index in [0.717, 1.165) is 19.3 Å². The molecule has 2 fully saturated rings. The molecule has 2 aromatic heterocycles. The third-order valence-electron chi connectivity index (χ3n) is 7.45. The van der Waals surface area contributed by atoms with E-state index in [1.165, 1.54) is 17.8 Å². The predicted octanol–water partition coefficient (Wildman–Crippen LogP) is 4.44. The first-order chi connectivity index (χ1) is 20.9. The third-order valence-corrected chi connectivity index (χ3v) is 9.53. The summed E-state index contributed by atoms with van der Waals surface area (Å²) in [5, 5.41) is 17.0. The zero-order chi connectivity index (χ0) is 31.6. The van der Waals surface area contributed by atoms with E-state index in [1.54, 1.807) is 51.1 Å². The van der Waals surface area contributed by atoms with Crippen molar-refractivity contribution < 1.29 is 37.4 Å². The van der Waals surface area contributed by atoms with E-state index < -0.39 is 62.5 Å². The Morgan fingerprint density at radius 3 is 2.64 bits per heavy atom. The highest BCUT2D eigenvalue weighted by molar-refractivity contribution is 7.52. The fourth-order valence-corrected chi connectivity index (χ4v) is 6.73. The number of hydrogen-bond donors (Lipinski definition) is 3. The van der Waals surface area contributed by atoms with E-state index in [1.807, 2.05) is 0 Å². The zero-order valence-electron chi connectivity index (χ0n) is 24.9. The summed E-state index contributed by atoms with van der Waals surface area (Å²) in [5.41, 5.74) is -1.13. The van der Waals surface area contributed by atoms with Crippen molar-refractivity contribution in [2.24, 2.45) is 0 Å². The Labute approximate surface area is 259 Å². The Morgan fingerprint density at radius 1 is 1.27 bits per heavy atom. The molecule has 0 bridgehead atoms. The first-order valence-corrected chi connectivity index (χ1v) is 16.5. The summed E-state index contributed by atoms with van der Waals surface area (Å²) >= 11 is 6.29. The Kier molecular flexibility index (Phi) is 9.78. The molecule has 3 N–H and O–H groups in total. The van der Waals surface area contributed by atoms with E-state index in [4.69, 9.17) is 30.1 Å². The van der Waals surface area contributed by atoms with Crippen LogP contribution in [0.5, 0.6) is 5.75 Å². The van der Waals surface area contributed by atoms with Crippen molar-refractivity contribution >= 4 is 42.3 Å². The second-order valence-corrected chi connectivity index (χ2v) is 13.3. The highest BCUT2D eigenvalue weighted by atomic mass is 35.5. The third kappa shape index (κ3) is 6.85. The number of carbonyl (C=O) groups excluding carboxylic acids is 1. The first kappa shape index (κ1) is 32.5. The van der Waals surface area contributed by atoms with Gasteiger partial charge in [0, 0.05) is 6.04 Å². The van der Waals surface area contributed by atoms with Crippen LogP contribution in [0.25, 0.3) is 11.2 Å². The maximum Gasteiger partial charge on any atom is 0.459 e. The van der Waals surface area contributed by atoms with Crippen LogP contribution in [0.4, 0.5) is 10.2 Å². The molecule has 5 rings (SSSR count). The summed E-state index contributed by atoms with van der Waals surface area (Å²) in [6, 6.07) is 7.30. The van der Waals surface area contributed by atoms with Crippen LogP contribution in [0.1, 0.15) is 52.1 Å². The fraction of sp³-hybridized carbons (Fsp3) is 0.571. The van der Waals surface area contributed by atoms with Gasteiger partial charge in [-0.15, -0.1) is 11.6 Å². The molecule has 1 aliphatic carbocycles. The van der Waals surface area contributed by atoms with Crippen molar-refractivity contribution in [3.05, 3.63) is 42.5 Å². The van der Waals surface area contributed by atoms with Gasteiger partial charge in [-0.25, -0.2) is 23.9 Å². The van der Waals surface area contributed by atoms with E-state index >= 15 is 4.39 Å². The first-order valence-electron chi connectivity index (χ1n) is 14.4. The van der Waals surface area contributed by atoms with Crippen LogP contribution in [0.15, 0.2) is 36.7 Å². The number of para-hydroxylation sites is 1. The van der Waals surface area contributed by atoms with Gasteiger partial charge < -0.3 is 24.4 Å². The monoisotopic (exact) mass is 654 g/mol. The summed E-state index contributed by atoms with van der Waals surface area (Å²) in [4.78, 5) is 25.8. The number of halogens is 2. The number of rotatable bonds is 13. The number of nitrogens with one attached hydrogen (secondary N) is 2. The Balaban J connectivity index is 1.39. The minimum Gasteiger partial charge on any atom is -0.462 e. The number of esters is 1. The maximum atomic E-state index is 15.9. The van der Waals surface area contributed by atoms with Crippen LogP contribution in [-0.4, -0.2) is 79.1 Å². The summed E-state index contributed by atoms with van der Waals surface area (Å²) in [6.07, 6.45) is -1.09. The van der Waals surface area contributed by atoms with Crippen molar-refractivity contribution in [1.82, 2.24) is 24.6 Å². The van der Waals surface area contributed by atoms with Crippen LogP contribution in [0, 0.1) is 6.92 Å². The maximum absolute atomic E-state index is 15.9. The minimum absolute atomic E-state index is 0.174.